The molecule has 3 saturated heterocycles. The number of allylic oxidation sites excluding steroid dienone is 1. The molecular formula is C30H42O7. The molecule has 37 heavy (non-hydrogen) atoms. The number of ether oxygens (including phenoxy) is 5. The third-order valence-electron chi connectivity index (χ3n) is 10.8. The number of Topliss-reactive ketones (excluding diaryl/α,β-unsaturated/α-hetero) is 1. The van der Waals surface area contributed by atoms with Crippen LogP contribution in [0.5, 0.6) is 0 Å². The molecule has 8 rings (SSSR count). The summed E-state index contributed by atoms with van der Waals surface area (Å²) in [5.74, 6) is -1.63. The molecule has 4 heterocycles. The van der Waals surface area contributed by atoms with Crippen LogP contribution in [0.15, 0.2) is 23.5 Å². The van der Waals surface area contributed by atoms with Crippen molar-refractivity contribution in [2.45, 2.75) is 104 Å². The molecule has 7 nitrogen and oxygen atoms in total. The number of carbonyl (C=O) groups is 1. The topological polar surface area (TPSA) is 83.5 Å². The Balaban J connectivity index is 1.44. The molecule has 0 aromatic carbocycles. The van der Waals surface area contributed by atoms with E-state index in [2.05, 4.69) is 34.3 Å². The molecule has 1 N–H and O–H groups in total. The summed E-state index contributed by atoms with van der Waals surface area (Å²) in [5.41, 5.74) is -0.153. The fourth-order valence-corrected chi connectivity index (χ4v) is 10.1. The van der Waals surface area contributed by atoms with Gasteiger partial charge in [-0.05, 0) is 67.9 Å². The van der Waals surface area contributed by atoms with Gasteiger partial charge in [0.05, 0.1) is 24.7 Å². The Morgan fingerprint density at radius 3 is 2.65 bits per heavy atom. The van der Waals surface area contributed by atoms with E-state index in [0.717, 1.165) is 37.9 Å². The van der Waals surface area contributed by atoms with Gasteiger partial charge in [0, 0.05) is 18.3 Å². The Bertz CT molecular complexity index is 1110. The molecular weight excluding hydrogens is 472 g/mol. The van der Waals surface area contributed by atoms with Gasteiger partial charge >= 0.3 is 0 Å². The molecule has 2 unspecified atom stereocenters. The SMILES string of the molecule is C=C1C(=O)[C@@]23C4OC(C)(C)OC25OC[C@]2(C6=C(CC[C@@H](OCC(C)C)O6)CC(C)(C)[C@H]2[C@@H]5O)[C@@H]3CC[C@@H]14. The zero-order valence-electron chi connectivity index (χ0n) is 23.1. The highest BCUT2D eigenvalue weighted by Crippen LogP contribution is 2.80. The maximum Gasteiger partial charge on any atom is 0.213 e. The second-order valence-corrected chi connectivity index (χ2v) is 14.3. The summed E-state index contributed by atoms with van der Waals surface area (Å²) in [6.07, 6.45) is 2.41. The van der Waals surface area contributed by atoms with E-state index >= 15 is 0 Å². The van der Waals surface area contributed by atoms with Gasteiger partial charge in [-0.15, -0.1) is 0 Å². The summed E-state index contributed by atoms with van der Waals surface area (Å²) in [7, 11) is 0. The first-order valence-corrected chi connectivity index (χ1v) is 14.3. The highest BCUT2D eigenvalue weighted by atomic mass is 16.8. The van der Waals surface area contributed by atoms with Crippen LogP contribution in [0, 0.1) is 39.9 Å². The Labute approximate surface area is 219 Å². The van der Waals surface area contributed by atoms with E-state index in [-0.39, 0.29) is 35.2 Å². The maximum absolute atomic E-state index is 14.4. The summed E-state index contributed by atoms with van der Waals surface area (Å²) in [5, 5.41) is 12.5. The normalized spacial score (nSPS) is 50.5. The van der Waals surface area contributed by atoms with Crippen molar-refractivity contribution < 1.29 is 33.6 Å². The van der Waals surface area contributed by atoms with E-state index in [9.17, 15) is 9.90 Å². The zero-order chi connectivity index (χ0) is 26.3. The minimum absolute atomic E-state index is 0.0500. The lowest BCUT2D eigenvalue weighted by Gasteiger charge is -2.77. The number of hydrogen-bond donors (Lipinski definition) is 1. The van der Waals surface area contributed by atoms with Crippen LogP contribution in [0.25, 0.3) is 0 Å². The number of fused-ring (bicyclic) bond motifs is 1. The van der Waals surface area contributed by atoms with Crippen molar-refractivity contribution in [1.29, 1.82) is 0 Å². The highest BCUT2D eigenvalue weighted by molar-refractivity contribution is 6.05. The number of aliphatic hydroxyl groups is 1. The molecule has 4 aliphatic carbocycles. The molecule has 4 bridgehead atoms. The van der Waals surface area contributed by atoms with Crippen LogP contribution in [0.3, 0.4) is 0 Å². The molecule has 8 aliphatic rings. The van der Waals surface area contributed by atoms with Crippen molar-refractivity contribution in [3.05, 3.63) is 23.5 Å². The molecule has 0 aromatic rings. The standard InChI is InChI=1S/C30H42O7/c1-15(2)13-33-20-11-8-17-12-26(4,5)21-23(32)30-29-19(28(21,14-34-30)24(17)35-20)10-9-18(16(3)22(29)31)25(29)36-27(6,7)37-30/h15,18-21,23,25,32H,3,8-14H2,1-2,4-7H3/t18-,19-,20-,21+,23-,25?,28-,29-,30?/m0/s1. The lowest BCUT2D eigenvalue weighted by molar-refractivity contribution is -0.527. The fraction of sp³-hybridized carbons (Fsp3) is 0.833. The monoisotopic (exact) mass is 514 g/mol. The average molecular weight is 515 g/mol. The molecule has 6 fully saturated rings. The molecule has 204 valence electrons. The van der Waals surface area contributed by atoms with E-state index in [0.29, 0.717) is 24.7 Å². The van der Waals surface area contributed by atoms with Gasteiger partial charge in [-0.3, -0.25) is 4.79 Å². The van der Waals surface area contributed by atoms with Crippen molar-refractivity contribution in [2.24, 2.45) is 39.9 Å². The molecule has 4 aliphatic heterocycles. The Morgan fingerprint density at radius 2 is 1.92 bits per heavy atom. The molecule has 3 saturated carbocycles. The first-order valence-electron chi connectivity index (χ1n) is 14.3. The molecule has 0 amide bonds. The minimum atomic E-state index is -1.47. The number of carbonyl (C=O) groups excluding carboxylic acids is 1. The fourth-order valence-electron chi connectivity index (χ4n) is 10.1. The minimum Gasteiger partial charge on any atom is -0.469 e. The lowest BCUT2D eigenvalue weighted by Crippen LogP contribution is -2.87. The first kappa shape index (κ1) is 24.8. The van der Waals surface area contributed by atoms with Gasteiger partial charge in [-0.25, -0.2) is 0 Å². The van der Waals surface area contributed by atoms with Crippen molar-refractivity contribution in [1.82, 2.24) is 0 Å². The lowest BCUT2D eigenvalue weighted by atomic mass is 9.36. The van der Waals surface area contributed by atoms with Crippen LogP contribution >= 0.6 is 0 Å². The Hall–Kier alpha value is -1.25. The Morgan fingerprint density at radius 1 is 1.16 bits per heavy atom. The van der Waals surface area contributed by atoms with Gasteiger partial charge in [0.1, 0.15) is 17.3 Å². The Kier molecular flexibility index (Phi) is 4.87. The molecule has 0 radical (unpaired) electrons. The van der Waals surface area contributed by atoms with Gasteiger partial charge < -0.3 is 28.8 Å². The zero-order valence-corrected chi connectivity index (χ0v) is 23.1. The van der Waals surface area contributed by atoms with Crippen molar-refractivity contribution in [3.8, 4) is 0 Å². The predicted molar refractivity (Wildman–Crippen MR) is 134 cm³/mol. The number of ketones is 1. The third kappa shape index (κ3) is 2.69. The van der Waals surface area contributed by atoms with Crippen LogP contribution in [0.4, 0.5) is 0 Å². The van der Waals surface area contributed by atoms with E-state index < -0.39 is 34.6 Å². The summed E-state index contributed by atoms with van der Waals surface area (Å²) >= 11 is 0. The number of hydrogen-bond acceptors (Lipinski definition) is 7. The first-order chi connectivity index (χ1) is 17.3. The quantitative estimate of drug-likeness (QED) is 0.556. The second-order valence-electron chi connectivity index (χ2n) is 14.3. The van der Waals surface area contributed by atoms with Gasteiger partial charge in [0.25, 0.3) is 0 Å². The molecule has 9 atom stereocenters. The van der Waals surface area contributed by atoms with Crippen molar-refractivity contribution in [3.63, 3.8) is 0 Å². The summed E-state index contributed by atoms with van der Waals surface area (Å²) in [4.78, 5) is 14.4. The summed E-state index contributed by atoms with van der Waals surface area (Å²) in [6, 6.07) is 0. The van der Waals surface area contributed by atoms with E-state index in [1.165, 1.54) is 5.57 Å². The summed E-state index contributed by atoms with van der Waals surface area (Å²) < 4.78 is 33.0. The van der Waals surface area contributed by atoms with Crippen LogP contribution in [0.1, 0.15) is 73.6 Å². The predicted octanol–water partition coefficient (Wildman–Crippen LogP) is 4.49. The molecule has 7 heteroatoms. The number of aliphatic hydroxyl groups excluding tert-OH is 1. The number of rotatable bonds is 3. The molecule has 3 spiro atoms. The largest absolute Gasteiger partial charge is 0.469 e. The van der Waals surface area contributed by atoms with E-state index in [1.54, 1.807) is 0 Å². The third-order valence-corrected chi connectivity index (χ3v) is 10.8. The average Bonchev–Trinajstić information content (AvgIpc) is 2.92. The smallest absolute Gasteiger partial charge is 0.213 e. The van der Waals surface area contributed by atoms with Crippen LogP contribution in [0.2, 0.25) is 0 Å². The van der Waals surface area contributed by atoms with Crippen molar-refractivity contribution in [2.75, 3.05) is 13.2 Å². The van der Waals surface area contributed by atoms with Gasteiger partial charge in [0.2, 0.25) is 5.79 Å². The van der Waals surface area contributed by atoms with Crippen molar-refractivity contribution >= 4 is 5.78 Å². The van der Waals surface area contributed by atoms with Crippen LogP contribution in [-0.4, -0.2) is 54.2 Å². The van der Waals surface area contributed by atoms with Gasteiger partial charge in [-0.2, -0.15) is 0 Å². The van der Waals surface area contributed by atoms with Crippen LogP contribution in [-0.2, 0) is 28.5 Å². The van der Waals surface area contributed by atoms with Gasteiger partial charge in [0.15, 0.2) is 17.9 Å². The van der Waals surface area contributed by atoms with E-state index in [4.69, 9.17) is 23.7 Å². The van der Waals surface area contributed by atoms with E-state index in [1.807, 2.05) is 13.8 Å². The maximum atomic E-state index is 14.4. The second kappa shape index (κ2) is 7.28. The van der Waals surface area contributed by atoms with Crippen LogP contribution < -0.4 is 0 Å². The highest BCUT2D eigenvalue weighted by Gasteiger charge is 2.90. The van der Waals surface area contributed by atoms with Gasteiger partial charge in [-0.1, -0.05) is 34.3 Å². The summed E-state index contributed by atoms with van der Waals surface area (Å²) in [6.45, 7) is 17.7. The molecule has 0 aromatic heterocycles.